The van der Waals surface area contributed by atoms with Crippen molar-refractivity contribution in [1.29, 1.82) is 5.26 Å². The number of rotatable bonds is 5. The number of hydrogen-bond acceptors (Lipinski definition) is 6. The fraction of sp³-hybridized carbons (Fsp3) is 0.111. The van der Waals surface area contributed by atoms with Gasteiger partial charge in [-0.2, -0.15) is 5.26 Å². The number of anilines is 1. The van der Waals surface area contributed by atoms with Gasteiger partial charge in [-0.25, -0.2) is 0 Å². The molecule has 0 radical (unpaired) electrons. The molecular formula is C18H14N2O4S. The summed E-state index contributed by atoms with van der Waals surface area (Å²) in [6.45, 7) is 0. The van der Waals surface area contributed by atoms with Crippen molar-refractivity contribution < 1.29 is 18.7 Å². The highest BCUT2D eigenvalue weighted by atomic mass is 32.1. The molecule has 1 amide bonds. The largest absolute Gasteiger partial charge is 0.493 e. The summed E-state index contributed by atoms with van der Waals surface area (Å²) in [5.74, 6) is 0.953. The topological polar surface area (TPSA) is 84.5 Å². The van der Waals surface area contributed by atoms with Gasteiger partial charge in [-0.05, 0) is 29.8 Å². The molecule has 6 nitrogen and oxygen atoms in total. The predicted molar refractivity (Wildman–Crippen MR) is 94.2 cm³/mol. The van der Waals surface area contributed by atoms with E-state index in [1.165, 1.54) is 17.6 Å². The van der Waals surface area contributed by atoms with Gasteiger partial charge in [0.05, 0.1) is 26.0 Å². The maximum Gasteiger partial charge on any atom is 0.291 e. The molecule has 0 saturated heterocycles. The van der Waals surface area contributed by atoms with E-state index in [0.717, 1.165) is 5.56 Å². The van der Waals surface area contributed by atoms with Gasteiger partial charge in [-0.15, -0.1) is 11.3 Å². The predicted octanol–water partition coefficient (Wildman–Crippen LogP) is 4.15. The molecule has 126 valence electrons. The van der Waals surface area contributed by atoms with Gasteiger partial charge in [-0.3, -0.25) is 4.79 Å². The average molecular weight is 354 g/mol. The van der Waals surface area contributed by atoms with Gasteiger partial charge in [0.15, 0.2) is 17.3 Å². The second-order valence-corrected chi connectivity index (χ2v) is 5.85. The summed E-state index contributed by atoms with van der Waals surface area (Å²) >= 11 is 1.28. The van der Waals surface area contributed by atoms with E-state index in [1.54, 1.807) is 38.5 Å². The van der Waals surface area contributed by atoms with Crippen LogP contribution in [0.1, 0.15) is 16.1 Å². The number of carbonyl (C=O) groups excluding carboxylic acids is 1. The molecule has 0 aliphatic heterocycles. The zero-order valence-electron chi connectivity index (χ0n) is 13.5. The van der Waals surface area contributed by atoms with Crippen LogP contribution >= 0.6 is 11.3 Å². The molecule has 0 spiro atoms. The molecule has 1 aromatic carbocycles. The summed E-state index contributed by atoms with van der Waals surface area (Å²) in [5, 5.41) is 14.5. The van der Waals surface area contributed by atoms with Crippen LogP contribution in [-0.4, -0.2) is 20.1 Å². The van der Waals surface area contributed by atoms with Gasteiger partial charge in [-0.1, -0.05) is 6.07 Å². The Kier molecular flexibility index (Phi) is 4.73. The lowest BCUT2D eigenvalue weighted by atomic mass is 10.0. The zero-order valence-corrected chi connectivity index (χ0v) is 14.3. The Balaban J connectivity index is 1.95. The third-order valence-electron chi connectivity index (χ3n) is 3.57. The fourth-order valence-electron chi connectivity index (χ4n) is 2.35. The highest BCUT2D eigenvalue weighted by Gasteiger charge is 2.18. The molecule has 2 aromatic heterocycles. The molecule has 3 aromatic rings. The molecule has 0 bridgehead atoms. The van der Waals surface area contributed by atoms with Crippen molar-refractivity contribution in [2.75, 3.05) is 19.5 Å². The van der Waals surface area contributed by atoms with Crippen LogP contribution in [0.5, 0.6) is 11.5 Å². The van der Waals surface area contributed by atoms with Crippen molar-refractivity contribution in [1.82, 2.24) is 0 Å². The lowest BCUT2D eigenvalue weighted by Crippen LogP contribution is -2.10. The second-order valence-electron chi connectivity index (χ2n) is 4.97. The Labute approximate surface area is 148 Å². The minimum Gasteiger partial charge on any atom is -0.493 e. The number of benzene rings is 1. The Morgan fingerprint density at radius 1 is 1.24 bits per heavy atom. The minimum atomic E-state index is -0.401. The maximum absolute atomic E-state index is 12.1. The van der Waals surface area contributed by atoms with Gasteiger partial charge >= 0.3 is 0 Å². The first-order valence-electron chi connectivity index (χ1n) is 7.26. The number of nitrogens with one attached hydrogen (secondary N) is 1. The summed E-state index contributed by atoms with van der Waals surface area (Å²) in [6.07, 6.45) is 1.42. The highest BCUT2D eigenvalue weighted by Crippen LogP contribution is 2.38. The fourth-order valence-corrected chi connectivity index (χ4v) is 3.26. The van der Waals surface area contributed by atoms with E-state index >= 15 is 0 Å². The van der Waals surface area contributed by atoms with Gasteiger partial charge in [0.1, 0.15) is 11.1 Å². The molecule has 0 aliphatic rings. The van der Waals surface area contributed by atoms with Crippen molar-refractivity contribution in [2.45, 2.75) is 0 Å². The van der Waals surface area contributed by atoms with Crippen molar-refractivity contribution in [3.05, 3.63) is 53.3 Å². The number of nitriles is 1. The van der Waals surface area contributed by atoms with Crippen LogP contribution in [0.15, 0.2) is 46.4 Å². The van der Waals surface area contributed by atoms with Crippen LogP contribution in [-0.2, 0) is 0 Å². The van der Waals surface area contributed by atoms with Gasteiger partial charge in [0.2, 0.25) is 0 Å². The number of methoxy groups -OCH3 is 2. The van der Waals surface area contributed by atoms with Gasteiger partial charge in [0.25, 0.3) is 5.91 Å². The Hall–Kier alpha value is -3.24. The smallest absolute Gasteiger partial charge is 0.291 e. The van der Waals surface area contributed by atoms with E-state index in [-0.39, 0.29) is 5.76 Å². The molecule has 0 saturated carbocycles. The van der Waals surface area contributed by atoms with Crippen molar-refractivity contribution in [2.24, 2.45) is 0 Å². The Bertz CT molecular complexity index is 939. The number of furan rings is 1. The van der Waals surface area contributed by atoms with Gasteiger partial charge in [0, 0.05) is 10.9 Å². The van der Waals surface area contributed by atoms with E-state index in [0.29, 0.717) is 27.6 Å². The molecule has 0 atom stereocenters. The van der Waals surface area contributed by atoms with Crippen LogP contribution in [0, 0.1) is 11.3 Å². The zero-order chi connectivity index (χ0) is 17.8. The summed E-state index contributed by atoms with van der Waals surface area (Å²) < 4.78 is 15.6. The first-order valence-corrected chi connectivity index (χ1v) is 8.14. The maximum atomic E-state index is 12.1. The van der Waals surface area contributed by atoms with Crippen LogP contribution < -0.4 is 14.8 Å². The molecule has 3 rings (SSSR count). The first kappa shape index (κ1) is 16.6. The molecule has 7 heteroatoms. The van der Waals surface area contributed by atoms with Crippen LogP contribution in [0.2, 0.25) is 0 Å². The normalized spacial score (nSPS) is 10.1. The lowest BCUT2D eigenvalue weighted by Gasteiger charge is -2.09. The van der Waals surface area contributed by atoms with Crippen LogP contribution in [0.25, 0.3) is 11.1 Å². The molecule has 25 heavy (non-hydrogen) atoms. The lowest BCUT2D eigenvalue weighted by molar-refractivity contribution is 0.0997. The number of nitrogens with zero attached hydrogens (tertiary/aromatic N) is 1. The number of hydrogen-bond donors (Lipinski definition) is 1. The quantitative estimate of drug-likeness (QED) is 0.744. The number of carbonyl (C=O) groups is 1. The van der Waals surface area contributed by atoms with Crippen LogP contribution in [0.3, 0.4) is 0 Å². The number of amides is 1. The molecule has 1 N–H and O–H groups in total. The molecule has 2 heterocycles. The number of thiophene rings is 1. The monoisotopic (exact) mass is 354 g/mol. The average Bonchev–Trinajstić information content (AvgIpc) is 3.30. The van der Waals surface area contributed by atoms with E-state index < -0.39 is 5.91 Å². The van der Waals surface area contributed by atoms with Crippen LogP contribution in [0.4, 0.5) is 5.00 Å². The summed E-state index contributed by atoms with van der Waals surface area (Å²) in [7, 11) is 3.11. The van der Waals surface area contributed by atoms with E-state index in [2.05, 4.69) is 11.4 Å². The standard InChI is InChI=1S/C18H14N2O4S/c1-22-14-6-5-11(8-16(14)23-2)13-10-25-18(12(13)9-19)20-17(21)15-4-3-7-24-15/h3-8,10H,1-2H3,(H,20,21). The summed E-state index contributed by atoms with van der Waals surface area (Å²) in [6, 6.07) is 10.7. The van der Waals surface area contributed by atoms with Gasteiger partial charge < -0.3 is 19.2 Å². The van der Waals surface area contributed by atoms with E-state index in [4.69, 9.17) is 13.9 Å². The van der Waals surface area contributed by atoms with Crippen molar-refractivity contribution in [3.63, 3.8) is 0 Å². The van der Waals surface area contributed by atoms with E-state index in [1.807, 2.05) is 11.4 Å². The first-order chi connectivity index (χ1) is 12.2. The Morgan fingerprint density at radius 2 is 2.04 bits per heavy atom. The van der Waals surface area contributed by atoms with Crippen molar-refractivity contribution >= 4 is 22.2 Å². The third-order valence-corrected chi connectivity index (χ3v) is 4.46. The summed E-state index contributed by atoms with van der Waals surface area (Å²) in [5.41, 5.74) is 1.89. The molecule has 0 aliphatic carbocycles. The molecule has 0 unspecified atom stereocenters. The minimum absolute atomic E-state index is 0.185. The van der Waals surface area contributed by atoms with Crippen molar-refractivity contribution in [3.8, 4) is 28.7 Å². The SMILES string of the molecule is COc1ccc(-c2csc(NC(=O)c3ccco3)c2C#N)cc1OC. The number of ether oxygens (including phenoxy) is 2. The highest BCUT2D eigenvalue weighted by molar-refractivity contribution is 7.15. The molecular weight excluding hydrogens is 340 g/mol. The second kappa shape index (κ2) is 7.11. The van der Waals surface area contributed by atoms with E-state index in [9.17, 15) is 10.1 Å². The Morgan fingerprint density at radius 3 is 2.68 bits per heavy atom. The third kappa shape index (κ3) is 3.20. The summed E-state index contributed by atoms with van der Waals surface area (Å²) in [4.78, 5) is 12.1. The molecule has 0 fully saturated rings.